The Bertz CT molecular complexity index is 2470. The zero-order valence-corrected chi connectivity index (χ0v) is 26.4. The van der Waals surface area contributed by atoms with Crippen LogP contribution in [0.15, 0.2) is 194 Å². The van der Waals surface area contributed by atoms with E-state index < -0.39 is 0 Å². The molecule has 0 aliphatic carbocycles. The standard InChI is InChI=1S/C46H32N2/c1-4-13-37(14-5-1)45-44-32-38(30-31-47(44)43-29-26-36-12-10-11-19-42(36)46(43)45)35-22-20-33(21-23-35)34-24-27-41(28-25-34)48(39-15-6-2-7-16-39)40-17-8-3-9-18-40/h1-32H. The minimum absolute atomic E-state index is 1.13. The molecule has 0 saturated heterocycles. The van der Waals surface area contributed by atoms with Gasteiger partial charge in [0.25, 0.3) is 0 Å². The lowest BCUT2D eigenvalue weighted by atomic mass is 9.97. The van der Waals surface area contributed by atoms with Crippen LogP contribution < -0.4 is 4.90 Å². The molecular weight excluding hydrogens is 581 g/mol. The van der Waals surface area contributed by atoms with Gasteiger partial charge in [-0.15, -0.1) is 0 Å². The molecule has 226 valence electrons. The molecule has 0 spiro atoms. The average Bonchev–Trinajstić information content (AvgIpc) is 3.51. The largest absolute Gasteiger partial charge is 0.316 e. The minimum Gasteiger partial charge on any atom is -0.316 e. The SMILES string of the molecule is c1ccc(-c2c3c4ccccc4ccc3n3ccc(-c4ccc(-c5ccc(N(c6ccccc6)c6ccccc6)cc5)cc4)cc23)cc1. The summed E-state index contributed by atoms with van der Waals surface area (Å²) in [6.45, 7) is 0. The van der Waals surface area contributed by atoms with Gasteiger partial charge in [0.05, 0.1) is 11.0 Å². The second-order valence-electron chi connectivity index (χ2n) is 12.2. The summed E-state index contributed by atoms with van der Waals surface area (Å²) in [5, 5.41) is 3.84. The van der Waals surface area contributed by atoms with Gasteiger partial charge in [-0.05, 0) is 93.2 Å². The summed E-state index contributed by atoms with van der Waals surface area (Å²) in [7, 11) is 0. The fourth-order valence-electron chi connectivity index (χ4n) is 7.09. The lowest BCUT2D eigenvalue weighted by Crippen LogP contribution is -2.09. The number of fused-ring (bicyclic) bond motifs is 5. The van der Waals surface area contributed by atoms with E-state index in [0.717, 1.165) is 17.1 Å². The van der Waals surface area contributed by atoms with E-state index in [9.17, 15) is 0 Å². The summed E-state index contributed by atoms with van der Waals surface area (Å²) in [6, 6.07) is 67.5. The van der Waals surface area contributed by atoms with E-state index in [-0.39, 0.29) is 0 Å². The maximum Gasteiger partial charge on any atom is 0.0547 e. The zero-order valence-electron chi connectivity index (χ0n) is 26.4. The predicted molar refractivity (Wildman–Crippen MR) is 203 cm³/mol. The third kappa shape index (κ3) is 4.83. The Morgan fingerprint density at radius 2 is 0.875 bits per heavy atom. The number of nitrogens with zero attached hydrogens (tertiary/aromatic N) is 2. The average molecular weight is 613 g/mol. The Hall–Kier alpha value is -6.38. The van der Waals surface area contributed by atoms with Crippen LogP contribution in [-0.2, 0) is 0 Å². The maximum atomic E-state index is 2.35. The highest BCUT2D eigenvalue weighted by Crippen LogP contribution is 2.41. The van der Waals surface area contributed by atoms with Gasteiger partial charge in [-0.25, -0.2) is 0 Å². The van der Waals surface area contributed by atoms with Crippen molar-refractivity contribution in [3.05, 3.63) is 194 Å². The number of hydrogen-bond donors (Lipinski definition) is 0. The lowest BCUT2D eigenvalue weighted by Gasteiger charge is -2.25. The first-order valence-corrected chi connectivity index (χ1v) is 16.4. The highest BCUT2D eigenvalue weighted by molar-refractivity contribution is 6.18. The molecule has 0 unspecified atom stereocenters. The number of benzene rings is 7. The molecule has 0 aliphatic heterocycles. The number of aromatic nitrogens is 1. The van der Waals surface area contributed by atoms with Crippen molar-refractivity contribution < 1.29 is 0 Å². The Balaban J connectivity index is 1.09. The molecule has 0 bridgehead atoms. The van der Waals surface area contributed by atoms with Gasteiger partial charge < -0.3 is 9.30 Å². The van der Waals surface area contributed by atoms with E-state index >= 15 is 0 Å². The van der Waals surface area contributed by atoms with E-state index in [2.05, 4.69) is 204 Å². The molecule has 0 atom stereocenters. The first kappa shape index (κ1) is 27.9. The summed E-state index contributed by atoms with van der Waals surface area (Å²) in [5.74, 6) is 0. The van der Waals surface area contributed by atoms with Crippen LogP contribution in [0.4, 0.5) is 17.1 Å². The molecule has 9 rings (SSSR count). The lowest BCUT2D eigenvalue weighted by molar-refractivity contribution is 1.26. The Morgan fingerprint density at radius 3 is 1.52 bits per heavy atom. The molecule has 2 heterocycles. The third-order valence-corrected chi connectivity index (χ3v) is 9.40. The summed E-state index contributed by atoms with van der Waals surface area (Å²) in [5.41, 5.74) is 13.1. The van der Waals surface area contributed by atoms with Crippen LogP contribution in [0.25, 0.3) is 60.6 Å². The van der Waals surface area contributed by atoms with Crippen molar-refractivity contribution in [3.63, 3.8) is 0 Å². The van der Waals surface area contributed by atoms with E-state index in [0.29, 0.717) is 0 Å². The molecule has 0 fully saturated rings. The van der Waals surface area contributed by atoms with Crippen LogP contribution in [0.5, 0.6) is 0 Å². The smallest absolute Gasteiger partial charge is 0.0547 e. The monoisotopic (exact) mass is 612 g/mol. The van der Waals surface area contributed by atoms with Crippen LogP contribution in [0, 0.1) is 0 Å². The van der Waals surface area contributed by atoms with Crippen molar-refractivity contribution in [2.75, 3.05) is 4.90 Å². The topological polar surface area (TPSA) is 7.65 Å². The summed E-state index contributed by atoms with van der Waals surface area (Å²) < 4.78 is 2.34. The van der Waals surface area contributed by atoms with E-state index in [4.69, 9.17) is 0 Å². The van der Waals surface area contributed by atoms with Gasteiger partial charge in [0, 0.05) is 34.2 Å². The normalized spacial score (nSPS) is 11.3. The third-order valence-electron chi connectivity index (χ3n) is 9.40. The van der Waals surface area contributed by atoms with Crippen molar-refractivity contribution in [3.8, 4) is 33.4 Å². The number of anilines is 3. The number of para-hydroxylation sites is 2. The van der Waals surface area contributed by atoms with Crippen LogP contribution in [-0.4, -0.2) is 4.40 Å². The van der Waals surface area contributed by atoms with Crippen LogP contribution in [0.3, 0.4) is 0 Å². The Kier molecular flexibility index (Phi) is 6.84. The van der Waals surface area contributed by atoms with Gasteiger partial charge in [-0.2, -0.15) is 0 Å². The highest BCUT2D eigenvalue weighted by Gasteiger charge is 2.17. The number of pyridine rings is 1. The van der Waals surface area contributed by atoms with Gasteiger partial charge in [0.15, 0.2) is 0 Å². The second-order valence-corrected chi connectivity index (χ2v) is 12.2. The molecule has 9 aromatic rings. The molecule has 0 saturated carbocycles. The van der Waals surface area contributed by atoms with Crippen LogP contribution in [0.2, 0.25) is 0 Å². The number of rotatable bonds is 6. The quantitative estimate of drug-likeness (QED) is 0.181. The first-order chi connectivity index (χ1) is 23.8. The zero-order chi connectivity index (χ0) is 31.9. The fraction of sp³-hybridized carbons (Fsp3) is 0. The summed E-state index contributed by atoms with van der Waals surface area (Å²) >= 11 is 0. The van der Waals surface area contributed by atoms with Crippen molar-refractivity contribution in [2.45, 2.75) is 0 Å². The second kappa shape index (κ2) is 11.8. The Labute approximate surface area is 280 Å². The summed E-state index contributed by atoms with van der Waals surface area (Å²) in [4.78, 5) is 2.29. The molecule has 2 nitrogen and oxygen atoms in total. The molecule has 7 aromatic carbocycles. The highest BCUT2D eigenvalue weighted by atomic mass is 15.1. The van der Waals surface area contributed by atoms with Crippen molar-refractivity contribution in [1.29, 1.82) is 0 Å². The van der Waals surface area contributed by atoms with Gasteiger partial charge in [0.1, 0.15) is 0 Å². The van der Waals surface area contributed by atoms with Crippen LogP contribution in [0.1, 0.15) is 0 Å². The molecule has 48 heavy (non-hydrogen) atoms. The van der Waals surface area contributed by atoms with Crippen molar-refractivity contribution in [1.82, 2.24) is 4.40 Å². The molecule has 0 radical (unpaired) electrons. The fourth-order valence-corrected chi connectivity index (χ4v) is 7.09. The van der Waals surface area contributed by atoms with E-state index in [1.807, 2.05) is 0 Å². The molecule has 2 aromatic heterocycles. The van der Waals surface area contributed by atoms with Gasteiger partial charge in [-0.3, -0.25) is 0 Å². The van der Waals surface area contributed by atoms with Gasteiger partial charge in [-0.1, -0.05) is 133 Å². The molecule has 0 amide bonds. The van der Waals surface area contributed by atoms with Gasteiger partial charge in [0.2, 0.25) is 0 Å². The molecule has 0 N–H and O–H groups in total. The number of hydrogen-bond acceptors (Lipinski definition) is 1. The Morgan fingerprint density at radius 1 is 0.354 bits per heavy atom. The van der Waals surface area contributed by atoms with E-state index in [1.165, 1.54) is 60.6 Å². The molecule has 2 heteroatoms. The maximum absolute atomic E-state index is 2.35. The van der Waals surface area contributed by atoms with Crippen molar-refractivity contribution >= 4 is 44.3 Å². The predicted octanol–water partition coefficient (Wildman–Crippen LogP) is 12.7. The summed E-state index contributed by atoms with van der Waals surface area (Å²) in [6.07, 6.45) is 2.23. The first-order valence-electron chi connectivity index (χ1n) is 16.4. The molecule has 0 aliphatic rings. The van der Waals surface area contributed by atoms with Gasteiger partial charge >= 0.3 is 0 Å². The van der Waals surface area contributed by atoms with E-state index in [1.54, 1.807) is 0 Å². The van der Waals surface area contributed by atoms with Crippen molar-refractivity contribution in [2.24, 2.45) is 0 Å². The minimum atomic E-state index is 1.13. The molecular formula is C46H32N2. The van der Waals surface area contributed by atoms with Crippen LogP contribution >= 0.6 is 0 Å².